The number of halogens is 5. The van der Waals surface area contributed by atoms with E-state index in [-0.39, 0.29) is 18.3 Å². The quantitative estimate of drug-likeness (QED) is 0.188. The van der Waals surface area contributed by atoms with Crippen LogP contribution in [0.25, 0.3) is 11.1 Å². The molecule has 0 aliphatic carbocycles. The van der Waals surface area contributed by atoms with Crippen molar-refractivity contribution in [2.75, 3.05) is 32.4 Å². The molecular formula is C29H29F5N2O7S. The summed E-state index contributed by atoms with van der Waals surface area (Å²) in [4.78, 5) is 35.2. The number of nitrogens with zero attached hydrogens (tertiary/aromatic N) is 1. The molecule has 0 saturated carbocycles. The van der Waals surface area contributed by atoms with Crippen molar-refractivity contribution in [3.63, 3.8) is 0 Å². The molecule has 2 aromatic carbocycles. The van der Waals surface area contributed by atoms with Crippen molar-refractivity contribution in [1.29, 1.82) is 0 Å². The maximum absolute atomic E-state index is 13.8. The van der Waals surface area contributed by atoms with Gasteiger partial charge in [-0.25, -0.2) is 13.6 Å². The van der Waals surface area contributed by atoms with Gasteiger partial charge in [0.15, 0.2) is 17.4 Å². The van der Waals surface area contributed by atoms with Gasteiger partial charge in [-0.2, -0.15) is 13.2 Å². The highest BCUT2D eigenvalue weighted by atomic mass is 32.2. The number of thioether (sulfide) groups is 1. The van der Waals surface area contributed by atoms with Crippen LogP contribution in [0.2, 0.25) is 0 Å². The Labute approximate surface area is 253 Å². The molecule has 0 atom stereocenters. The second-order valence-corrected chi connectivity index (χ2v) is 10.5. The molecule has 1 amide bonds. The number of amides is 1. The van der Waals surface area contributed by atoms with Crippen LogP contribution in [0.1, 0.15) is 29.2 Å². The van der Waals surface area contributed by atoms with Crippen LogP contribution in [0.3, 0.4) is 0 Å². The number of carboxylic acids is 2. The fourth-order valence-electron chi connectivity index (χ4n) is 4.29. The van der Waals surface area contributed by atoms with Gasteiger partial charge in [0, 0.05) is 11.4 Å². The van der Waals surface area contributed by atoms with Gasteiger partial charge in [0.05, 0.1) is 0 Å². The molecule has 9 nitrogen and oxygen atoms in total. The van der Waals surface area contributed by atoms with Crippen molar-refractivity contribution in [3.05, 3.63) is 71.7 Å². The Morgan fingerprint density at radius 1 is 1.02 bits per heavy atom. The van der Waals surface area contributed by atoms with Crippen LogP contribution < -0.4 is 10.1 Å². The summed E-state index contributed by atoms with van der Waals surface area (Å²) in [5.74, 6) is -4.85. The van der Waals surface area contributed by atoms with E-state index in [2.05, 4.69) is 5.32 Å². The largest absolute Gasteiger partial charge is 0.490 e. The molecule has 0 bridgehead atoms. The Kier molecular flexibility index (Phi) is 12.2. The first kappa shape index (κ1) is 34.4. The minimum Gasteiger partial charge on any atom is -0.486 e. The molecule has 1 aliphatic heterocycles. The molecule has 44 heavy (non-hydrogen) atoms. The third-order valence-electron chi connectivity index (χ3n) is 6.45. The number of rotatable bonds is 10. The van der Waals surface area contributed by atoms with Crippen molar-refractivity contribution in [2.24, 2.45) is 5.92 Å². The Bertz CT molecular complexity index is 1440. The molecule has 1 fully saturated rings. The van der Waals surface area contributed by atoms with Gasteiger partial charge >= 0.3 is 18.1 Å². The molecule has 0 spiro atoms. The molecule has 4 rings (SSSR count). The normalized spacial score (nSPS) is 13.5. The first-order valence-corrected chi connectivity index (χ1v) is 14.4. The predicted octanol–water partition coefficient (Wildman–Crippen LogP) is 5.69. The van der Waals surface area contributed by atoms with Crippen LogP contribution in [0.15, 0.2) is 57.8 Å². The van der Waals surface area contributed by atoms with Gasteiger partial charge < -0.3 is 29.6 Å². The highest BCUT2D eigenvalue weighted by molar-refractivity contribution is 7.98. The molecular weight excluding hydrogens is 615 g/mol. The monoisotopic (exact) mass is 644 g/mol. The molecule has 2 heterocycles. The zero-order valence-electron chi connectivity index (χ0n) is 23.3. The summed E-state index contributed by atoms with van der Waals surface area (Å²) < 4.78 is 70.5. The van der Waals surface area contributed by atoms with Crippen LogP contribution in [0.4, 0.5) is 22.0 Å². The Hall–Kier alpha value is -4.11. The molecule has 15 heteroatoms. The van der Waals surface area contributed by atoms with E-state index in [1.807, 2.05) is 0 Å². The number of hydrogen-bond donors (Lipinski definition) is 3. The fraction of sp³-hybridized carbons (Fsp3) is 0.345. The second-order valence-electron chi connectivity index (χ2n) is 9.62. The highest BCUT2D eigenvalue weighted by Gasteiger charge is 2.38. The van der Waals surface area contributed by atoms with Crippen molar-refractivity contribution < 1.29 is 55.7 Å². The lowest BCUT2D eigenvalue weighted by molar-refractivity contribution is -0.192. The van der Waals surface area contributed by atoms with Crippen LogP contribution in [-0.2, 0) is 16.2 Å². The minimum absolute atomic E-state index is 0.0566. The standard InChI is InChI=1S/C27H28F2N2O5S.C2HF3O2/c1-37-25-13-23(29)22(28)12-21(25)18-2-4-19(5-3-18)35-16-20-6-7-24(36-20)27(34)31(15-26(32)33)14-17-8-10-30-11-9-17;3-2(4,5)1(6)7/h2-7,12-13,17,30H,8-11,14-16H2,1H3,(H,32,33);(H,6,7). The molecule has 0 radical (unpaired) electrons. The Balaban J connectivity index is 0.000000676. The van der Waals surface area contributed by atoms with E-state index in [9.17, 15) is 36.6 Å². The van der Waals surface area contributed by atoms with Gasteiger partial charge in [0.25, 0.3) is 5.91 Å². The molecule has 238 valence electrons. The number of aliphatic carboxylic acids is 2. The summed E-state index contributed by atoms with van der Waals surface area (Å²) in [5.41, 5.74) is 1.30. The lowest BCUT2D eigenvalue weighted by Gasteiger charge is -2.28. The molecule has 3 N–H and O–H groups in total. The number of alkyl halides is 3. The fourth-order valence-corrected chi connectivity index (χ4v) is 4.91. The second kappa shape index (κ2) is 15.6. The van der Waals surface area contributed by atoms with Crippen molar-refractivity contribution in [3.8, 4) is 16.9 Å². The number of furan rings is 1. The number of carboxylic acid groups (broad SMARTS) is 2. The third-order valence-corrected chi connectivity index (χ3v) is 7.23. The smallest absolute Gasteiger partial charge is 0.486 e. The molecule has 0 unspecified atom stereocenters. The molecule has 1 saturated heterocycles. The predicted molar refractivity (Wildman–Crippen MR) is 149 cm³/mol. The van der Waals surface area contributed by atoms with E-state index in [1.165, 1.54) is 34.9 Å². The number of benzene rings is 2. The summed E-state index contributed by atoms with van der Waals surface area (Å²) in [5, 5.41) is 19.7. The van der Waals surface area contributed by atoms with Gasteiger partial charge in [-0.05, 0) is 85.6 Å². The van der Waals surface area contributed by atoms with Gasteiger partial charge in [-0.3, -0.25) is 9.59 Å². The molecule has 1 aromatic heterocycles. The lowest BCUT2D eigenvalue weighted by Crippen LogP contribution is -2.41. The highest BCUT2D eigenvalue weighted by Crippen LogP contribution is 2.33. The molecule has 3 aromatic rings. The van der Waals surface area contributed by atoms with Crippen molar-refractivity contribution in [1.82, 2.24) is 10.2 Å². The zero-order chi connectivity index (χ0) is 32.4. The number of carbonyl (C=O) groups excluding carboxylic acids is 1. The van der Waals surface area contributed by atoms with E-state index in [4.69, 9.17) is 19.1 Å². The maximum Gasteiger partial charge on any atom is 0.490 e. The summed E-state index contributed by atoms with van der Waals surface area (Å²) in [7, 11) is 0. The van der Waals surface area contributed by atoms with Crippen LogP contribution in [0.5, 0.6) is 5.75 Å². The van der Waals surface area contributed by atoms with Gasteiger partial charge in [-0.1, -0.05) is 12.1 Å². The summed E-state index contributed by atoms with van der Waals surface area (Å²) in [6.45, 7) is 1.73. The maximum atomic E-state index is 13.8. The number of nitrogens with one attached hydrogen (secondary N) is 1. The average molecular weight is 645 g/mol. The SMILES string of the molecule is CSc1cc(F)c(F)cc1-c1ccc(OCc2ccc(C(=O)N(CC(=O)O)CC3CCNCC3)o2)cc1.O=C(O)C(F)(F)F. The number of hydrogen-bond acceptors (Lipinski definition) is 7. The first-order valence-electron chi connectivity index (χ1n) is 13.1. The Morgan fingerprint density at radius 2 is 1.64 bits per heavy atom. The number of carbonyl (C=O) groups is 3. The summed E-state index contributed by atoms with van der Waals surface area (Å²) in [6, 6.07) is 12.4. The number of ether oxygens (including phenoxy) is 1. The third kappa shape index (κ3) is 9.98. The van der Waals surface area contributed by atoms with Gasteiger partial charge in [0.1, 0.15) is 24.7 Å². The Morgan fingerprint density at radius 3 is 2.20 bits per heavy atom. The van der Waals surface area contributed by atoms with Crippen LogP contribution in [-0.4, -0.2) is 71.6 Å². The van der Waals surface area contributed by atoms with Gasteiger partial charge in [0.2, 0.25) is 0 Å². The van der Waals surface area contributed by atoms with E-state index >= 15 is 0 Å². The number of piperidine rings is 1. The van der Waals surface area contributed by atoms with E-state index < -0.39 is 42.2 Å². The first-order chi connectivity index (χ1) is 20.8. The van der Waals surface area contributed by atoms with Crippen LogP contribution >= 0.6 is 11.8 Å². The van der Waals surface area contributed by atoms with E-state index in [1.54, 1.807) is 36.6 Å². The topological polar surface area (TPSA) is 129 Å². The van der Waals surface area contributed by atoms with E-state index in [0.29, 0.717) is 34.1 Å². The average Bonchev–Trinajstić information content (AvgIpc) is 3.46. The summed E-state index contributed by atoms with van der Waals surface area (Å²) >= 11 is 1.33. The minimum atomic E-state index is -5.08. The zero-order valence-corrected chi connectivity index (χ0v) is 24.1. The molecule has 1 aliphatic rings. The summed E-state index contributed by atoms with van der Waals surface area (Å²) in [6.07, 6.45) is -1.52. The lowest BCUT2D eigenvalue weighted by atomic mass is 9.97. The van der Waals surface area contributed by atoms with Crippen LogP contribution in [0, 0.1) is 17.6 Å². The van der Waals surface area contributed by atoms with Gasteiger partial charge in [-0.15, -0.1) is 11.8 Å². The van der Waals surface area contributed by atoms with Crippen molar-refractivity contribution in [2.45, 2.75) is 30.5 Å². The van der Waals surface area contributed by atoms with E-state index in [0.717, 1.165) is 25.9 Å². The van der Waals surface area contributed by atoms with Crippen molar-refractivity contribution >= 4 is 29.6 Å².